The quantitative estimate of drug-likeness (QED) is 0.835. The van der Waals surface area contributed by atoms with E-state index in [-0.39, 0.29) is 16.5 Å². The number of anilines is 1. The number of nitrogens with two attached hydrogens (primary N) is 1. The number of nitrogens with one attached hydrogen (secondary N) is 1. The number of carbonyl (C=O) groups is 1. The third kappa shape index (κ3) is 4.10. The lowest BCUT2D eigenvalue weighted by molar-refractivity contribution is -0.116. The highest BCUT2D eigenvalue weighted by atomic mass is 32.1. The van der Waals surface area contributed by atoms with E-state index in [0.29, 0.717) is 18.5 Å². The van der Waals surface area contributed by atoms with Crippen LogP contribution in [-0.2, 0) is 11.2 Å². The van der Waals surface area contributed by atoms with Crippen LogP contribution in [0, 0.1) is 5.82 Å². The molecule has 108 valence electrons. The third-order valence-corrected chi connectivity index (χ3v) is 3.22. The summed E-state index contributed by atoms with van der Waals surface area (Å²) in [5.74, 6) is -0.745. The fourth-order valence-electron chi connectivity index (χ4n) is 1.99. The summed E-state index contributed by atoms with van der Waals surface area (Å²) in [5.41, 5.74) is 6.94. The van der Waals surface area contributed by atoms with Crippen LogP contribution < -0.4 is 11.1 Å². The molecule has 1 amide bonds. The molecule has 0 saturated carbocycles. The highest BCUT2D eigenvalue weighted by Crippen LogP contribution is 2.19. The second-order valence-corrected chi connectivity index (χ2v) is 5.00. The average molecular weight is 302 g/mol. The molecule has 0 aliphatic rings. The van der Waals surface area contributed by atoms with Crippen LogP contribution in [0.2, 0.25) is 0 Å². The van der Waals surface area contributed by atoms with Crippen LogP contribution in [0.5, 0.6) is 0 Å². The van der Waals surface area contributed by atoms with Crippen LogP contribution >= 0.6 is 12.2 Å². The Bertz CT molecular complexity index is 659. The van der Waals surface area contributed by atoms with Gasteiger partial charge in [0.25, 0.3) is 0 Å². The summed E-state index contributed by atoms with van der Waals surface area (Å²) in [7, 11) is 0. The van der Waals surface area contributed by atoms with Gasteiger partial charge in [0, 0.05) is 6.42 Å². The SMILES string of the molecule is NC(=S)c1c(F)cccc1NC(=O)CCc1ccccc1. The first-order valence-corrected chi connectivity index (χ1v) is 6.91. The third-order valence-electron chi connectivity index (χ3n) is 3.02. The molecular weight excluding hydrogens is 287 g/mol. The topological polar surface area (TPSA) is 55.1 Å². The fourth-order valence-corrected chi connectivity index (χ4v) is 2.20. The summed E-state index contributed by atoms with van der Waals surface area (Å²) in [4.78, 5) is 11.9. The molecule has 0 radical (unpaired) electrons. The highest BCUT2D eigenvalue weighted by Gasteiger charge is 2.13. The van der Waals surface area contributed by atoms with Crippen molar-refractivity contribution in [3.8, 4) is 0 Å². The summed E-state index contributed by atoms with van der Waals surface area (Å²) < 4.78 is 13.7. The molecule has 0 bridgehead atoms. The van der Waals surface area contributed by atoms with Gasteiger partial charge in [-0.1, -0.05) is 48.6 Å². The van der Waals surface area contributed by atoms with Gasteiger partial charge < -0.3 is 11.1 Å². The highest BCUT2D eigenvalue weighted by molar-refractivity contribution is 7.80. The molecule has 0 heterocycles. The molecule has 0 fully saturated rings. The van der Waals surface area contributed by atoms with Crippen molar-refractivity contribution >= 4 is 28.8 Å². The monoisotopic (exact) mass is 302 g/mol. The molecule has 2 aromatic rings. The van der Waals surface area contributed by atoms with Gasteiger partial charge in [0.05, 0.1) is 11.3 Å². The number of amides is 1. The van der Waals surface area contributed by atoms with E-state index in [0.717, 1.165) is 5.56 Å². The average Bonchev–Trinajstić information content (AvgIpc) is 2.46. The number of thiocarbonyl (C=S) groups is 1. The minimum absolute atomic E-state index is 0.0700. The van der Waals surface area contributed by atoms with Crippen molar-refractivity contribution in [1.82, 2.24) is 0 Å². The van der Waals surface area contributed by atoms with Crippen molar-refractivity contribution in [2.75, 3.05) is 5.32 Å². The molecule has 5 heteroatoms. The zero-order valence-electron chi connectivity index (χ0n) is 11.3. The van der Waals surface area contributed by atoms with Gasteiger partial charge in [0.2, 0.25) is 5.91 Å². The predicted octanol–water partition coefficient (Wildman–Crippen LogP) is 3.03. The number of aryl methyl sites for hydroxylation is 1. The lowest BCUT2D eigenvalue weighted by Crippen LogP contribution is -2.19. The smallest absolute Gasteiger partial charge is 0.224 e. The molecule has 0 saturated heterocycles. The summed E-state index contributed by atoms with van der Waals surface area (Å²) in [6, 6.07) is 14.0. The van der Waals surface area contributed by atoms with Gasteiger partial charge >= 0.3 is 0 Å². The molecule has 2 aromatic carbocycles. The normalized spacial score (nSPS) is 10.1. The molecule has 0 aliphatic carbocycles. The largest absolute Gasteiger partial charge is 0.389 e. The number of hydrogen-bond donors (Lipinski definition) is 2. The molecule has 0 aliphatic heterocycles. The van der Waals surface area contributed by atoms with E-state index >= 15 is 0 Å². The van der Waals surface area contributed by atoms with Gasteiger partial charge in [0.15, 0.2) is 0 Å². The van der Waals surface area contributed by atoms with E-state index in [1.165, 1.54) is 12.1 Å². The second kappa shape index (κ2) is 6.95. The Balaban J connectivity index is 2.03. The summed E-state index contributed by atoms with van der Waals surface area (Å²) in [6.45, 7) is 0. The first-order chi connectivity index (χ1) is 10.1. The van der Waals surface area contributed by atoms with E-state index in [1.807, 2.05) is 30.3 Å². The number of carbonyl (C=O) groups excluding carboxylic acids is 1. The number of rotatable bonds is 5. The van der Waals surface area contributed by atoms with Crippen molar-refractivity contribution < 1.29 is 9.18 Å². The second-order valence-electron chi connectivity index (χ2n) is 4.56. The predicted molar refractivity (Wildman–Crippen MR) is 85.7 cm³/mol. The Kier molecular flexibility index (Phi) is 5.00. The van der Waals surface area contributed by atoms with Crippen molar-refractivity contribution in [3.63, 3.8) is 0 Å². The molecule has 0 atom stereocenters. The fraction of sp³-hybridized carbons (Fsp3) is 0.125. The zero-order chi connectivity index (χ0) is 15.2. The molecule has 0 unspecified atom stereocenters. The number of halogens is 1. The Morgan fingerprint density at radius 3 is 2.52 bits per heavy atom. The van der Waals surface area contributed by atoms with Crippen LogP contribution in [0.1, 0.15) is 17.5 Å². The lowest BCUT2D eigenvalue weighted by atomic mass is 10.1. The summed E-state index contributed by atoms with van der Waals surface area (Å²) in [5, 5.41) is 2.66. The van der Waals surface area contributed by atoms with Crippen LogP contribution in [0.15, 0.2) is 48.5 Å². The van der Waals surface area contributed by atoms with Crippen LogP contribution in [0.4, 0.5) is 10.1 Å². The van der Waals surface area contributed by atoms with Crippen molar-refractivity contribution in [3.05, 3.63) is 65.5 Å². The van der Waals surface area contributed by atoms with E-state index in [2.05, 4.69) is 5.32 Å². The standard InChI is InChI=1S/C16H15FN2OS/c17-12-7-4-8-13(15(12)16(18)21)19-14(20)10-9-11-5-2-1-3-6-11/h1-8H,9-10H2,(H2,18,21)(H,19,20). The van der Waals surface area contributed by atoms with Gasteiger partial charge in [-0.15, -0.1) is 0 Å². The first kappa shape index (κ1) is 15.1. The van der Waals surface area contributed by atoms with Gasteiger partial charge in [-0.2, -0.15) is 0 Å². The molecule has 3 N–H and O–H groups in total. The maximum absolute atomic E-state index is 13.7. The van der Waals surface area contributed by atoms with E-state index in [4.69, 9.17) is 18.0 Å². The Hall–Kier alpha value is -2.27. The summed E-state index contributed by atoms with van der Waals surface area (Å²) in [6.07, 6.45) is 0.918. The first-order valence-electron chi connectivity index (χ1n) is 6.50. The van der Waals surface area contributed by atoms with Gasteiger partial charge in [-0.05, 0) is 24.1 Å². The molecule has 2 rings (SSSR count). The zero-order valence-corrected chi connectivity index (χ0v) is 12.1. The molecule has 0 spiro atoms. The minimum Gasteiger partial charge on any atom is -0.389 e. The van der Waals surface area contributed by atoms with E-state index in [9.17, 15) is 9.18 Å². The molecule has 0 aromatic heterocycles. The lowest BCUT2D eigenvalue weighted by Gasteiger charge is -2.11. The van der Waals surface area contributed by atoms with Crippen LogP contribution in [-0.4, -0.2) is 10.9 Å². The number of hydrogen-bond acceptors (Lipinski definition) is 2. The van der Waals surface area contributed by atoms with Crippen LogP contribution in [0.25, 0.3) is 0 Å². The Labute approximate surface area is 128 Å². The van der Waals surface area contributed by atoms with E-state index in [1.54, 1.807) is 6.07 Å². The maximum Gasteiger partial charge on any atom is 0.224 e. The summed E-state index contributed by atoms with van der Waals surface area (Å²) >= 11 is 4.82. The van der Waals surface area contributed by atoms with Gasteiger partial charge in [0.1, 0.15) is 10.8 Å². The maximum atomic E-state index is 13.7. The van der Waals surface area contributed by atoms with Crippen molar-refractivity contribution in [2.24, 2.45) is 5.73 Å². The Morgan fingerprint density at radius 2 is 1.86 bits per heavy atom. The molecule has 3 nitrogen and oxygen atoms in total. The van der Waals surface area contributed by atoms with Crippen molar-refractivity contribution in [2.45, 2.75) is 12.8 Å². The molecular formula is C16H15FN2OS. The Morgan fingerprint density at radius 1 is 1.14 bits per heavy atom. The minimum atomic E-state index is -0.539. The molecule has 21 heavy (non-hydrogen) atoms. The van der Waals surface area contributed by atoms with Crippen molar-refractivity contribution in [1.29, 1.82) is 0 Å². The van der Waals surface area contributed by atoms with E-state index < -0.39 is 5.82 Å². The van der Waals surface area contributed by atoms with Gasteiger partial charge in [-0.3, -0.25) is 4.79 Å². The van der Waals surface area contributed by atoms with Gasteiger partial charge in [-0.25, -0.2) is 4.39 Å². The van der Waals surface area contributed by atoms with Crippen LogP contribution in [0.3, 0.4) is 0 Å². The number of benzene rings is 2.